The molecule has 1 unspecified atom stereocenters. The van der Waals surface area contributed by atoms with Gasteiger partial charge in [0.1, 0.15) is 0 Å². The van der Waals surface area contributed by atoms with Crippen molar-refractivity contribution in [2.45, 2.75) is 38.6 Å². The molecule has 1 aliphatic heterocycles. The second-order valence-electron chi connectivity index (χ2n) is 4.06. The fourth-order valence-electron chi connectivity index (χ4n) is 1.85. The van der Waals surface area contributed by atoms with Gasteiger partial charge in [-0.1, -0.05) is 19.3 Å². The predicted molar refractivity (Wildman–Crippen MR) is 61.3 cm³/mol. The summed E-state index contributed by atoms with van der Waals surface area (Å²) in [6, 6.07) is -0.0931. The first-order chi connectivity index (χ1) is 7.27. The van der Waals surface area contributed by atoms with Crippen molar-refractivity contribution in [1.29, 1.82) is 0 Å². The van der Waals surface area contributed by atoms with Crippen molar-refractivity contribution >= 4 is 5.91 Å². The van der Waals surface area contributed by atoms with E-state index in [4.69, 9.17) is 6.42 Å². The van der Waals surface area contributed by atoms with E-state index >= 15 is 0 Å². The van der Waals surface area contributed by atoms with Crippen LogP contribution in [0, 0.1) is 18.3 Å². The van der Waals surface area contributed by atoms with Crippen LogP contribution in [0.25, 0.3) is 0 Å². The van der Waals surface area contributed by atoms with Gasteiger partial charge in [0.2, 0.25) is 5.91 Å². The first kappa shape index (κ1) is 12.1. The number of piperidine rings is 1. The number of hydrogen-bond acceptors (Lipinski definition) is 2. The number of hydrogen-bond donors (Lipinski definition) is 2. The number of carbonyl (C=O) groups is 1. The van der Waals surface area contributed by atoms with Gasteiger partial charge in [0, 0.05) is 6.54 Å². The summed E-state index contributed by atoms with van der Waals surface area (Å²) in [6.45, 7) is 3.88. The fraction of sp³-hybridized carbons (Fsp3) is 0.750. The van der Waals surface area contributed by atoms with Gasteiger partial charge in [-0.3, -0.25) is 4.79 Å². The number of carbonyl (C=O) groups excluding carboxylic acids is 1. The maximum absolute atomic E-state index is 11.8. The first-order valence-corrected chi connectivity index (χ1v) is 5.75. The van der Waals surface area contributed by atoms with Crippen LogP contribution in [0.15, 0.2) is 0 Å². The highest BCUT2D eigenvalue weighted by Gasteiger charge is 2.22. The Labute approximate surface area is 92.0 Å². The highest BCUT2D eigenvalue weighted by molar-refractivity contribution is 5.79. The third kappa shape index (κ3) is 3.93. The van der Waals surface area contributed by atoms with Crippen LogP contribution in [0.3, 0.4) is 0 Å². The van der Waals surface area contributed by atoms with E-state index in [9.17, 15) is 4.79 Å². The number of nitrogens with one attached hydrogen (secondary N) is 2. The average molecular weight is 208 g/mol. The lowest BCUT2D eigenvalue weighted by atomic mass is 9.98. The molecule has 1 aliphatic rings. The Morgan fingerprint density at radius 3 is 3.07 bits per heavy atom. The maximum Gasteiger partial charge on any atom is 0.225 e. The summed E-state index contributed by atoms with van der Waals surface area (Å²) in [5, 5.41) is 6.15. The van der Waals surface area contributed by atoms with Crippen LogP contribution in [-0.4, -0.2) is 25.0 Å². The minimum Gasteiger partial charge on any atom is -0.342 e. The van der Waals surface area contributed by atoms with Gasteiger partial charge in [-0.25, -0.2) is 0 Å². The number of rotatable bonds is 4. The summed E-state index contributed by atoms with van der Waals surface area (Å²) in [6.07, 6.45) is 9.27. The van der Waals surface area contributed by atoms with Crippen LogP contribution >= 0.6 is 0 Å². The van der Waals surface area contributed by atoms with E-state index in [1.165, 1.54) is 0 Å². The molecule has 0 spiro atoms. The van der Waals surface area contributed by atoms with Gasteiger partial charge >= 0.3 is 0 Å². The molecule has 0 aromatic carbocycles. The zero-order chi connectivity index (χ0) is 11.1. The Hall–Kier alpha value is -1.01. The van der Waals surface area contributed by atoms with E-state index in [-0.39, 0.29) is 17.9 Å². The van der Waals surface area contributed by atoms with Crippen LogP contribution in [-0.2, 0) is 4.79 Å². The van der Waals surface area contributed by atoms with Crippen molar-refractivity contribution in [3.05, 3.63) is 0 Å². The van der Waals surface area contributed by atoms with Crippen molar-refractivity contribution < 1.29 is 4.79 Å². The van der Waals surface area contributed by atoms with E-state index < -0.39 is 0 Å². The fourth-order valence-corrected chi connectivity index (χ4v) is 1.85. The normalized spacial score (nSPS) is 22.8. The lowest BCUT2D eigenvalue weighted by Gasteiger charge is -2.23. The summed E-state index contributed by atoms with van der Waals surface area (Å²) in [4.78, 5) is 11.8. The van der Waals surface area contributed by atoms with Crippen LogP contribution in [0.5, 0.6) is 0 Å². The van der Waals surface area contributed by atoms with E-state index in [2.05, 4.69) is 23.5 Å². The van der Waals surface area contributed by atoms with Gasteiger partial charge in [0.25, 0.3) is 0 Å². The summed E-state index contributed by atoms with van der Waals surface area (Å²) in [7, 11) is 0. The molecular formula is C12H20N2O. The van der Waals surface area contributed by atoms with Crippen molar-refractivity contribution in [1.82, 2.24) is 10.6 Å². The molecule has 0 aromatic rings. The smallest absolute Gasteiger partial charge is 0.225 e. The van der Waals surface area contributed by atoms with E-state index in [1.54, 1.807) is 0 Å². The Kier molecular flexibility index (Phi) is 5.20. The Balaban J connectivity index is 2.36. The molecule has 3 heteroatoms. The van der Waals surface area contributed by atoms with E-state index in [0.29, 0.717) is 0 Å². The summed E-state index contributed by atoms with van der Waals surface area (Å²) >= 11 is 0. The minimum absolute atomic E-state index is 0.0931. The molecule has 1 saturated heterocycles. The lowest BCUT2D eigenvalue weighted by Crippen LogP contribution is -2.44. The molecule has 1 amide bonds. The standard InChI is InChI=1S/C12H20N2O/c1-3-6-11(4-2)14-12(15)10-7-5-8-13-9-10/h2,10-11,13H,3,5-9H2,1H3,(H,14,15)/t10-,11?/m1/s1. The summed E-state index contributed by atoms with van der Waals surface area (Å²) < 4.78 is 0. The van der Waals surface area contributed by atoms with Gasteiger partial charge in [0.15, 0.2) is 0 Å². The predicted octanol–water partition coefficient (Wildman–Crippen LogP) is 0.904. The molecule has 0 aliphatic carbocycles. The molecular weight excluding hydrogens is 188 g/mol. The van der Waals surface area contributed by atoms with Gasteiger partial charge in [0.05, 0.1) is 12.0 Å². The summed E-state index contributed by atoms with van der Waals surface area (Å²) in [5.74, 6) is 2.83. The lowest BCUT2D eigenvalue weighted by molar-refractivity contribution is -0.125. The van der Waals surface area contributed by atoms with Gasteiger partial charge in [-0.05, 0) is 25.8 Å². The maximum atomic E-state index is 11.8. The zero-order valence-electron chi connectivity index (χ0n) is 9.38. The zero-order valence-corrected chi connectivity index (χ0v) is 9.38. The van der Waals surface area contributed by atoms with Crippen LogP contribution in [0.2, 0.25) is 0 Å². The molecule has 0 aromatic heterocycles. The molecule has 2 atom stereocenters. The Morgan fingerprint density at radius 2 is 2.53 bits per heavy atom. The van der Waals surface area contributed by atoms with Gasteiger partial charge in [-0.15, -0.1) is 6.42 Å². The average Bonchev–Trinajstić information content (AvgIpc) is 2.29. The molecule has 2 N–H and O–H groups in total. The largest absolute Gasteiger partial charge is 0.342 e. The Morgan fingerprint density at radius 1 is 1.73 bits per heavy atom. The van der Waals surface area contributed by atoms with Crippen molar-refractivity contribution in [3.63, 3.8) is 0 Å². The topological polar surface area (TPSA) is 41.1 Å². The molecule has 0 radical (unpaired) electrons. The van der Waals surface area contributed by atoms with Crippen molar-refractivity contribution in [2.24, 2.45) is 5.92 Å². The highest BCUT2D eigenvalue weighted by Crippen LogP contribution is 2.10. The molecule has 0 bridgehead atoms. The number of terminal acetylenes is 1. The highest BCUT2D eigenvalue weighted by atomic mass is 16.1. The van der Waals surface area contributed by atoms with Crippen LogP contribution < -0.4 is 10.6 Å². The van der Waals surface area contributed by atoms with Gasteiger partial charge in [-0.2, -0.15) is 0 Å². The molecule has 1 rings (SSSR count). The minimum atomic E-state index is -0.0931. The van der Waals surface area contributed by atoms with Crippen molar-refractivity contribution in [2.75, 3.05) is 13.1 Å². The third-order valence-electron chi connectivity index (χ3n) is 2.76. The SMILES string of the molecule is C#CC(CCC)NC(=O)[C@@H]1CCCNC1. The molecule has 3 nitrogen and oxygen atoms in total. The first-order valence-electron chi connectivity index (χ1n) is 5.75. The second-order valence-corrected chi connectivity index (χ2v) is 4.06. The van der Waals surface area contributed by atoms with Crippen LogP contribution in [0.1, 0.15) is 32.6 Å². The van der Waals surface area contributed by atoms with Crippen LogP contribution in [0.4, 0.5) is 0 Å². The van der Waals surface area contributed by atoms with E-state index in [0.717, 1.165) is 38.8 Å². The van der Waals surface area contributed by atoms with Crippen molar-refractivity contribution in [3.8, 4) is 12.3 Å². The molecule has 1 fully saturated rings. The third-order valence-corrected chi connectivity index (χ3v) is 2.76. The molecule has 84 valence electrons. The molecule has 15 heavy (non-hydrogen) atoms. The summed E-state index contributed by atoms with van der Waals surface area (Å²) in [5.41, 5.74) is 0. The van der Waals surface area contributed by atoms with Gasteiger partial charge < -0.3 is 10.6 Å². The second kappa shape index (κ2) is 6.47. The number of amides is 1. The Bertz CT molecular complexity index is 238. The quantitative estimate of drug-likeness (QED) is 0.674. The van der Waals surface area contributed by atoms with E-state index in [1.807, 2.05) is 0 Å². The molecule has 0 saturated carbocycles. The molecule has 1 heterocycles. The monoisotopic (exact) mass is 208 g/mol.